The summed E-state index contributed by atoms with van der Waals surface area (Å²) >= 11 is 0. The molecule has 3 aromatic rings. The van der Waals surface area contributed by atoms with Gasteiger partial charge in [0, 0.05) is 49.0 Å². The lowest BCUT2D eigenvalue weighted by molar-refractivity contribution is -0.0498. The second-order valence-electron chi connectivity index (χ2n) is 7.53. The van der Waals surface area contributed by atoms with E-state index < -0.39 is 22.2 Å². The van der Waals surface area contributed by atoms with Crippen molar-refractivity contribution in [3.05, 3.63) is 76.0 Å². The van der Waals surface area contributed by atoms with Crippen molar-refractivity contribution in [1.82, 2.24) is 13.4 Å². The number of ether oxygens (including phenoxy) is 1. The molecule has 0 aliphatic rings. The number of pyridine rings is 1. The molecular formula is C22H23F2N3O5S. The zero-order valence-corrected chi connectivity index (χ0v) is 19.3. The molecule has 3 rings (SSSR count). The first-order valence-corrected chi connectivity index (χ1v) is 11.3. The minimum absolute atomic E-state index is 0.0134. The third kappa shape index (κ3) is 5.04. The molecule has 0 N–H and O–H groups in total. The predicted molar refractivity (Wildman–Crippen MR) is 118 cm³/mol. The summed E-state index contributed by atoms with van der Waals surface area (Å²) in [4.78, 5) is 25.2. The fourth-order valence-corrected chi connectivity index (χ4v) is 4.38. The highest BCUT2D eigenvalue weighted by Gasteiger charge is 2.21. The Kier molecular flexibility index (Phi) is 6.84. The summed E-state index contributed by atoms with van der Waals surface area (Å²) in [5.74, 6) is -0.368. The van der Waals surface area contributed by atoms with Crippen LogP contribution in [0.3, 0.4) is 0 Å². The van der Waals surface area contributed by atoms with Crippen LogP contribution in [0.15, 0.2) is 58.4 Å². The fourth-order valence-electron chi connectivity index (χ4n) is 3.46. The zero-order valence-electron chi connectivity index (χ0n) is 18.5. The number of sulfonamides is 1. The maximum atomic E-state index is 13.0. The van der Waals surface area contributed by atoms with Crippen LogP contribution in [0, 0.1) is 13.8 Å². The van der Waals surface area contributed by atoms with Gasteiger partial charge in [-0.1, -0.05) is 0 Å². The second-order valence-corrected chi connectivity index (χ2v) is 9.69. The highest BCUT2D eigenvalue weighted by Crippen LogP contribution is 2.24. The average molecular weight is 480 g/mol. The van der Waals surface area contributed by atoms with E-state index in [1.165, 1.54) is 32.3 Å². The van der Waals surface area contributed by atoms with E-state index in [9.17, 15) is 26.8 Å². The number of halogens is 2. The molecule has 0 unspecified atom stereocenters. The third-order valence-corrected chi connectivity index (χ3v) is 6.90. The van der Waals surface area contributed by atoms with E-state index >= 15 is 0 Å². The third-order valence-electron chi connectivity index (χ3n) is 5.10. The predicted octanol–water partition coefficient (Wildman–Crippen LogP) is 2.99. The van der Waals surface area contributed by atoms with E-state index in [2.05, 4.69) is 4.74 Å². The maximum Gasteiger partial charge on any atom is 0.387 e. The van der Waals surface area contributed by atoms with Crippen molar-refractivity contribution < 1.29 is 26.7 Å². The SMILES string of the molecule is Cc1cc(C(=O)Cn2cc(S(=O)(=O)N(C)C)ccc2=O)c(C)n1-c1ccc(OC(F)F)cc1. The summed E-state index contributed by atoms with van der Waals surface area (Å²) in [7, 11) is -1.03. The van der Waals surface area contributed by atoms with E-state index in [1.54, 1.807) is 36.6 Å². The molecule has 0 amide bonds. The van der Waals surface area contributed by atoms with Crippen molar-refractivity contribution in [2.45, 2.75) is 31.9 Å². The summed E-state index contributed by atoms with van der Waals surface area (Å²) < 4.78 is 57.7. The van der Waals surface area contributed by atoms with Gasteiger partial charge in [-0.15, -0.1) is 0 Å². The maximum absolute atomic E-state index is 13.0. The van der Waals surface area contributed by atoms with Crippen molar-refractivity contribution in [2.75, 3.05) is 14.1 Å². The van der Waals surface area contributed by atoms with Crippen LogP contribution >= 0.6 is 0 Å². The number of ketones is 1. The Bertz CT molecular complexity index is 1340. The van der Waals surface area contributed by atoms with Crippen LogP contribution in [0.25, 0.3) is 5.69 Å². The highest BCUT2D eigenvalue weighted by molar-refractivity contribution is 7.89. The molecule has 8 nitrogen and oxygen atoms in total. The Morgan fingerprint density at radius 2 is 1.73 bits per heavy atom. The molecule has 2 aromatic heterocycles. The molecule has 0 aliphatic carbocycles. The van der Waals surface area contributed by atoms with Crippen LogP contribution in [0.4, 0.5) is 8.78 Å². The Morgan fingerprint density at radius 1 is 1.09 bits per heavy atom. The summed E-state index contributed by atoms with van der Waals surface area (Å²) in [6.07, 6.45) is 1.15. The Balaban J connectivity index is 1.92. The van der Waals surface area contributed by atoms with Crippen LogP contribution in [0.5, 0.6) is 5.75 Å². The monoisotopic (exact) mass is 479 g/mol. The van der Waals surface area contributed by atoms with Gasteiger partial charge in [-0.3, -0.25) is 9.59 Å². The lowest BCUT2D eigenvalue weighted by Crippen LogP contribution is -2.27. The number of hydrogen-bond acceptors (Lipinski definition) is 5. The molecule has 176 valence electrons. The number of Topliss-reactive ketones (excluding diaryl/α,β-unsaturated/α-hetero) is 1. The molecule has 0 fully saturated rings. The van der Waals surface area contributed by atoms with Gasteiger partial charge >= 0.3 is 6.61 Å². The van der Waals surface area contributed by atoms with E-state index in [-0.39, 0.29) is 23.0 Å². The number of rotatable bonds is 8. The van der Waals surface area contributed by atoms with Crippen LogP contribution in [-0.4, -0.2) is 48.3 Å². The van der Waals surface area contributed by atoms with Crippen LogP contribution < -0.4 is 10.3 Å². The van der Waals surface area contributed by atoms with E-state index in [1.807, 2.05) is 0 Å². The molecule has 0 radical (unpaired) electrons. The van der Waals surface area contributed by atoms with Gasteiger partial charge in [-0.05, 0) is 50.2 Å². The van der Waals surface area contributed by atoms with Gasteiger partial charge < -0.3 is 13.9 Å². The van der Waals surface area contributed by atoms with Gasteiger partial charge in [0.25, 0.3) is 5.56 Å². The molecular weight excluding hydrogens is 456 g/mol. The van der Waals surface area contributed by atoms with Crippen LogP contribution in [-0.2, 0) is 16.6 Å². The quantitative estimate of drug-likeness (QED) is 0.464. The van der Waals surface area contributed by atoms with Crippen molar-refractivity contribution >= 4 is 15.8 Å². The van der Waals surface area contributed by atoms with Crippen molar-refractivity contribution in [3.8, 4) is 11.4 Å². The molecule has 0 bridgehead atoms. The molecule has 0 spiro atoms. The number of hydrogen-bond donors (Lipinski definition) is 0. The molecule has 0 atom stereocenters. The van der Waals surface area contributed by atoms with Gasteiger partial charge in [0.2, 0.25) is 10.0 Å². The van der Waals surface area contributed by atoms with Gasteiger partial charge in [0.1, 0.15) is 5.75 Å². The molecule has 1 aromatic carbocycles. The van der Waals surface area contributed by atoms with Gasteiger partial charge in [-0.2, -0.15) is 8.78 Å². The second kappa shape index (κ2) is 9.28. The van der Waals surface area contributed by atoms with Gasteiger partial charge in [-0.25, -0.2) is 12.7 Å². The van der Waals surface area contributed by atoms with Gasteiger partial charge in [0.15, 0.2) is 5.78 Å². The zero-order chi connectivity index (χ0) is 24.5. The average Bonchev–Trinajstić information content (AvgIpc) is 3.03. The summed E-state index contributed by atoms with van der Waals surface area (Å²) in [5.41, 5.74) is 1.79. The lowest BCUT2D eigenvalue weighted by atomic mass is 10.1. The summed E-state index contributed by atoms with van der Waals surface area (Å²) in [6, 6.07) is 9.95. The number of benzene rings is 1. The molecule has 0 aliphatic heterocycles. The number of carbonyl (C=O) groups excluding carboxylic acids is 1. The topological polar surface area (TPSA) is 90.6 Å². The summed E-state index contributed by atoms with van der Waals surface area (Å²) in [5, 5.41) is 0. The fraction of sp³-hybridized carbons (Fsp3) is 0.273. The van der Waals surface area contributed by atoms with Crippen molar-refractivity contribution in [1.29, 1.82) is 0 Å². The molecule has 2 heterocycles. The molecule has 11 heteroatoms. The number of aromatic nitrogens is 2. The molecule has 0 saturated heterocycles. The van der Waals surface area contributed by atoms with E-state index in [0.29, 0.717) is 16.9 Å². The highest BCUT2D eigenvalue weighted by atomic mass is 32.2. The number of nitrogens with zero attached hydrogens (tertiary/aromatic N) is 3. The number of carbonyl (C=O) groups is 1. The van der Waals surface area contributed by atoms with Crippen molar-refractivity contribution in [3.63, 3.8) is 0 Å². The first-order valence-electron chi connectivity index (χ1n) is 9.82. The minimum atomic E-state index is -3.77. The van der Waals surface area contributed by atoms with Crippen molar-refractivity contribution in [2.24, 2.45) is 0 Å². The first kappa shape index (κ1) is 24.3. The van der Waals surface area contributed by atoms with Crippen LogP contribution in [0.1, 0.15) is 21.7 Å². The minimum Gasteiger partial charge on any atom is -0.435 e. The Hall–Kier alpha value is -3.31. The van der Waals surface area contributed by atoms with Gasteiger partial charge in [0.05, 0.1) is 11.4 Å². The first-order chi connectivity index (χ1) is 15.4. The Labute approximate surface area is 189 Å². The van der Waals surface area contributed by atoms with E-state index in [0.717, 1.165) is 26.8 Å². The molecule has 0 saturated carbocycles. The van der Waals surface area contributed by atoms with E-state index in [4.69, 9.17) is 0 Å². The lowest BCUT2D eigenvalue weighted by Gasteiger charge is -2.13. The summed E-state index contributed by atoms with van der Waals surface area (Å²) in [6.45, 7) is 0.231. The smallest absolute Gasteiger partial charge is 0.387 e. The number of alkyl halides is 2. The normalized spacial score (nSPS) is 11.9. The number of aryl methyl sites for hydroxylation is 1. The van der Waals surface area contributed by atoms with Crippen LogP contribution in [0.2, 0.25) is 0 Å². The standard InChI is InChI=1S/C22H23F2N3O5S/c1-14-11-19(15(2)27(14)16-5-7-17(8-6-16)32-22(23)24)20(28)13-26-12-18(9-10-21(26)29)33(30,31)25(3)4/h5-12,22H,13H2,1-4H3. The Morgan fingerprint density at radius 3 is 2.30 bits per heavy atom. The largest absolute Gasteiger partial charge is 0.435 e. The molecule has 33 heavy (non-hydrogen) atoms.